The number of benzene rings is 1. The van der Waals surface area contributed by atoms with Crippen LogP contribution in [0.15, 0.2) is 35.2 Å². The second-order valence-electron chi connectivity index (χ2n) is 8.96. The summed E-state index contributed by atoms with van der Waals surface area (Å²) < 4.78 is 12.6. The largest absolute Gasteiger partial charge is 0.462 e. The third-order valence-electron chi connectivity index (χ3n) is 6.38. The maximum atomic E-state index is 13.0. The molecule has 37 heavy (non-hydrogen) atoms. The average molecular weight is 526 g/mol. The highest BCUT2D eigenvalue weighted by Gasteiger charge is 2.37. The Morgan fingerprint density at radius 3 is 2.49 bits per heavy atom. The number of thioether (sulfide) groups is 1. The van der Waals surface area contributed by atoms with Crippen molar-refractivity contribution in [3.05, 3.63) is 57.8 Å². The lowest BCUT2D eigenvalue weighted by Gasteiger charge is -2.28. The Morgan fingerprint density at radius 2 is 1.81 bits per heavy atom. The maximum Gasteiger partial charge on any atom is 0.338 e. The first-order chi connectivity index (χ1) is 17.8. The number of rotatable bonds is 8. The van der Waals surface area contributed by atoms with Gasteiger partial charge in [-0.05, 0) is 74.0 Å². The first kappa shape index (κ1) is 26.7. The van der Waals surface area contributed by atoms with Crippen LogP contribution in [-0.2, 0) is 19.1 Å². The van der Waals surface area contributed by atoms with Crippen molar-refractivity contribution in [3.63, 3.8) is 0 Å². The normalized spacial score (nSPS) is 17.1. The summed E-state index contributed by atoms with van der Waals surface area (Å²) in [5.74, 6) is -1.07. The Bertz CT molecular complexity index is 1230. The molecule has 3 heterocycles. The van der Waals surface area contributed by atoms with Gasteiger partial charge in [-0.25, -0.2) is 4.79 Å². The second-order valence-corrected chi connectivity index (χ2v) is 9.95. The third kappa shape index (κ3) is 5.97. The molecule has 196 valence electrons. The van der Waals surface area contributed by atoms with Crippen LogP contribution in [0.25, 0.3) is 11.8 Å². The molecule has 1 aromatic heterocycles. The summed E-state index contributed by atoms with van der Waals surface area (Å²) in [7, 11) is 0. The predicted octanol–water partition coefficient (Wildman–Crippen LogP) is 3.95. The van der Waals surface area contributed by atoms with Crippen molar-refractivity contribution in [1.29, 1.82) is 0 Å². The smallest absolute Gasteiger partial charge is 0.338 e. The number of amides is 3. The minimum Gasteiger partial charge on any atom is -0.462 e. The monoisotopic (exact) mass is 525 g/mol. The number of carbonyl (C=O) groups is 4. The molecule has 0 spiro atoms. The zero-order valence-corrected chi connectivity index (χ0v) is 22.1. The van der Waals surface area contributed by atoms with E-state index in [1.54, 1.807) is 23.1 Å². The summed E-state index contributed by atoms with van der Waals surface area (Å²) in [5, 5.41) is -0.451. The van der Waals surface area contributed by atoms with Crippen LogP contribution in [0.4, 0.5) is 4.79 Å². The highest BCUT2D eigenvalue weighted by atomic mass is 32.2. The molecule has 0 N–H and O–H groups in total. The van der Waals surface area contributed by atoms with Crippen LogP contribution in [0.1, 0.15) is 47.1 Å². The van der Waals surface area contributed by atoms with Gasteiger partial charge >= 0.3 is 5.97 Å². The fraction of sp³-hybridized carbons (Fsp3) is 0.407. The Kier molecular flexibility index (Phi) is 8.50. The molecule has 2 aromatic rings. The maximum absolute atomic E-state index is 13.0. The second kappa shape index (κ2) is 11.8. The van der Waals surface area contributed by atoms with E-state index in [-0.39, 0.29) is 23.3 Å². The van der Waals surface area contributed by atoms with Crippen LogP contribution in [-0.4, -0.2) is 76.8 Å². The van der Waals surface area contributed by atoms with Crippen LogP contribution in [0.2, 0.25) is 0 Å². The number of aryl methyl sites for hydroxylation is 1. The molecule has 4 rings (SSSR count). The van der Waals surface area contributed by atoms with E-state index >= 15 is 0 Å². The molecule has 0 atom stereocenters. The number of imide groups is 1. The van der Waals surface area contributed by atoms with Crippen molar-refractivity contribution < 1.29 is 28.7 Å². The van der Waals surface area contributed by atoms with Crippen molar-refractivity contribution >= 4 is 40.9 Å². The van der Waals surface area contributed by atoms with E-state index in [0.29, 0.717) is 38.5 Å². The van der Waals surface area contributed by atoms with Crippen LogP contribution in [0.3, 0.4) is 0 Å². The Morgan fingerprint density at radius 1 is 1.11 bits per heavy atom. The van der Waals surface area contributed by atoms with Crippen molar-refractivity contribution in [1.82, 2.24) is 14.4 Å². The minimum atomic E-state index is -0.465. The molecule has 3 amide bonds. The molecule has 0 radical (unpaired) electrons. The lowest BCUT2D eigenvalue weighted by molar-refractivity contribution is -0.139. The molecular weight excluding hydrogens is 494 g/mol. The SMILES string of the molecule is CCCCOC(=O)c1ccc(-n2c(C)cc(/C=C3\SC(=O)N(CC(=O)N4CCOCC4)C3=O)c2C)cc1. The standard InChI is InChI=1S/C27H31N3O6S/c1-4-5-12-36-26(33)20-6-8-22(9-7-20)30-18(2)15-21(19(30)3)16-23-25(32)29(27(34)37-23)17-24(31)28-10-13-35-14-11-28/h6-9,15-16H,4-5,10-14,17H2,1-3H3/b23-16-. The number of unbranched alkanes of at least 4 members (excludes halogenated alkanes) is 1. The molecule has 0 aliphatic carbocycles. The number of morpholine rings is 1. The van der Waals surface area contributed by atoms with Gasteiger partial charge in [-0.3, -0.25) is 19.3 Å². The number of aromatic nitrogens is 1. The summed E-state index contributed by atoms with van der Waals surface area (Å²) in [5.41, 5.74) is 3.97. The van der Waals surface area contributed by atoms with E-state index < -0.39 is 11.1 Å². The molecule has 10 heteroatoms. The number of ether oxygens (including phenoxy) is 2. The van der Waals surface area contributed by atoms with E-state index in [2.05, 4.69) is 0 Å². The summed E-state index contributed by atoms with van der Waals surface area (Å²) in [6.45, 7) is 7.87. The van der Waals surface area contributed by atoms with Gasteiger partial charge in [-0.1, -0.05) is 13.3 Å². The number of hydrogen-bond donors (Lipinski definition) is 0. The van der Waals surface area contributed by atoms with E-state index in [0.717, 1.165) is 52.1 Å². The lowest BCUT2D eigenvalue weighted by Crippen LogP contribution is -2.46. The number of hydrogen-bond acceptors (Lipinski definition) is 7. The Labute approximate surface area is 220 Å². The topological polar surface area (TPSA) is 98.2 Å². The molecule has 0 bridgehead atoms. The van der Waals surface area contributed by atoms with E-state index in [9.17, 15) is 19.2 Å². The van der Waals surface area contributed by atoms with Crippen molar-refractivity contribution in [2.75, 3.05) is 39.5 Å². The Hall–Kier alpha value is -3.37. The first-order valence-electron chi connectivity index (χ1n) is 12.4. The highest BCUT2D eigenvalue weighted by Crippen LogP contribution is 2.34. The van der Waals surface area contributed by atoms with Gasteiger partial charge < -0.3 is 18.9 Å². The van der Waals surface area contributed by atoms with Crippen LogP contribution in [0.5, 0.6) is 0 Å². The molecule has 1 aromatic carbocycles. The molecule has 9 nitrogen and oxygen atoms in total. The van der Waals surface area contributed by atoms with E-state index in [1.807, 2.05) is 43.5 Å². The Balaban J connectivity index is 1.49. The summed E-state index contributed by atoms with van der Waals surface area (Å²) >= 11 is 0.841. The summed E-state index contributed by atoms with van der Waals surface area (Å²) in [6.07, 6.45) is 3.49. The predicted molar refractivity (Wildman–Crippen MR) is 141 cm³/mol. The van der Waals surface area contributed by atoms with Crippen LogP contribution < -0.4 is 0 Å². The van der Waals surface area contributed by atoms with Gasteiger partial charge in [0.2, 0.25) is 5.91 Å². The molecule has 2 aliphatic heterocycles. The van der Waals surface area contributed by atoms with Gasteiger partial charge in [0.1, 0.15) is 6.54 Å². The summed E-state index contributed by atoms with van der Waals surface area (Å²) in [4.78, 5) is 53.2. The minimum absolute atomic E-state index is 0.261. The van der Waals surface area contributed by atoms with Crippen molar-refractivity contribution in [2.45, 2.75) is 33.6 Å². The molecule has 0 unspecified atom stereocenters. The lowest BCUT2D eigenvalue weighted by atomic mass is 10.2. The number of esters is 1. The molecule has 2 fully saturated rings. The van der Waals surface area contributed by atoms with E-state index in [1.165, 1.54) is 0 Å². The van der Waals surface area contributed by atoms with Crippen molar-refractivity contribution in [2.24, 2.45) is 0 Å². The van der Waals surface area contributed by atoms with Crippen LogP contribution in [0, 0.1) is 13.8 Å². The van der Waals surface area contributed by atoms with Gasteiger partial charge in [-0.2, -0.15) is 0 Å². The van der Waals surface area contributed by atoms with Crippen molar-refractivity contribution in [3.8, 4) is 5.69 Å². The highest BCUT2D eigenvalue weighted by molar-refractivity contribution is 8.18. The van der Waals surface area contributed by atoms with Crippen LogP contribution >= 0.6 is 11.8 Å². The quantitative estimate of drug-likeness (QED) is 0.292. The average Bonchev–Trinajstić information content (AvgIpc) is 3.33. The summed E-state index contributed by atoms with van der Waals surface area (Å²) in [6, 6.07) is 9.11. The molecule has 0 saturated carbocycles. The zero-order valence-electron chi connectivity index (χ0n) is 21.3. The third-order valence-corrected chi connectivity index (χ3v) is 7.29. The number of carbonyl (C=O) groups excluding carboxylic acids is 4. The van der Waals surface area contributed by atoms with Gasteiger partial charge in [0.05, 0.1) is 30.3 Å². The van der Waals surface area contributed by atoms with Gasteiger partial charge in [0, 0.05) is 30.2 Å². The zero-order chi connectivity index (χ0) is 26.5. The van der Waals surface area contributed by atoms with Gasteiger partial charge in [-0.15, -0.1) is 0 Å². The number of nitrogens with zero attached hydrogens (tertiary/aromatic N) is 3. The molecule has 2 saturated heterocycles. The first-order valence-corrected chi connectivity index (χ1v) is 13.2. The van der Waals surface area contributed by atoms with E-state index in [4.69, 9.17) is 9.47 Å². The molecular formula is C27H31N3O6S. The fourth-order valence-electron chi connectivity index (χ4n) is 4.30. The van der Waals surface area contributed by atoms with Gasteiger partial charge in [0.15, 0.2) is 0 Å². The van der Waals surface area contributed by atoms with Gasteiger partial charge in [0.25, 0.3) is 11.1 Å². The molecule has 2 aliphatic rings. The fourth-order valence-corrected chi connectivity index (χ4v) is 5.12.